The molecule has 146 valence electrons. The van der Waals surface area contributed by atoms with Crippen molar-refractivity contribution in [2.45, 2.75) is 44.8 Å². The molecule has 1 saturated heterocycles. The lowest BCUT2D eigenvalue weighted by molar-refractivity contribution is -0.149. The van der Waals surface area contributed by atoms with Gasteiger partial charge in [-0.15, -0.1) is 0 Å². The monoisotopic (exact) mass is 383 g/mol. The summed E-state index contributed by atoms with van der Waals surface area (Å²) in [5.74, 6) is -0.896. The van der Waals surface area contributed by atoms with Crippen LogP contribution in [0.2, 0.25) is 0 Å². The summed E-state index contributed by atoms with van der Waals surface area (Å²) in [5.41, 5.74) is 1.40. The summed E-state index contributed by atoms with van der Waals surface area (Å²) in [6.07, 6.45) is 0.697. The number of likely N-dealkylation sites (tertiary alicyclic amines) is 1. The van der Waals surface area contributed by atoms with Crippen molar-refractivity contribution in [3.8, 4) is 5.75 Å². The minimum absolute atomic E-state index is 0.183. The Bertz CT molecular complexity index is 868. The fraction of sp³-hybridized carbons (Fsp3) is 0.318. The molecular weight excluding hydrogens is 361 g/mol. The van der Waals surface area contributed by atoms with E-state index in [9.17, 15) is 18.8 Å². The van der Waals surface area contributed by atoms with Gasteiger partial charge in [0, 0.05) is 18.9 Å². The summed E-state index contributed by atoms with van der Waals surface area (Å²) in [6, 6.07) is 13.5. The first-order valence-electron chi connectivity index (χ1n) is 9.26. The molecule has 2 atom stereocenters. The van der Waals surface area contributed by atoms with Gasteiger partial charge in [-0.2, -0.15) is 0 Å². The quantitative estimate of drug-likeness (QED) is 0.689. The summed E-state index contributed by atoms with van der Waals surface area (Å²) in [7, 11) is 0. The first-order valence-corrected chi connectivity index (χ1v) is 9.26. The number of aryl methyl sites for hydroxylation is 1. The van der Waals surface area contributed by atoms with Crippen LogP contribution < -0.4 is 4.74 Å². The zero-order valence-electron chi connectivity index (χ0n) is 15.6. The number of halogens is 1. The minimum atomic E-state index is -1.12. The van der Waals surface area contributed by atoms with E-state index in [2.05, 4.69) is 0 Å². The van der Waals surface area contributed by atoms with Gasteiger partial charge in [0.15, 0.2) is 6.10 Å². The largest absolute Gasteiger partial charge is 0.480 e. The van der Waals surface area contributed by atoms with E-state index in [0.29, 0.717) is 24.7 Å². The van der Waals surface area contributed by atoms with E-state index in [4.69, 9.17) is 4.74 Å². The SMILES string of the molecule is Cc1cc(O[C@H](CC=O)C(=O)N2C(=O)CC[C@@H]2Cc2ccccc2)ccc1F. The number of hydrogen-bond acceptors (Lipinski definition) is 4. The van der Waals surface area contributed by atoms with Gasteiger partial charge in [0.2, 0.25) is 5.91 Å². The van der Waals surface area contributed by atoms with Crippen LogP contribution in [-0.2, 0) is 20.8 Å². The highest BCUT2D eigenvalue weighted by molar-refractivity contribution is 6.00. The number of nitrogens with zero attached hydrogens (tertiary/aromatic N) is 1. The molecule has 2 aromatic rings. The number of hydrogen-bond donors (Lipinski definition) is 0. The van der Waals surface area contributed by atoms with Crippen LogP contribution in [0, 0.1) is 12.7 Å². The first-order chi connectivity index (χ1) is 13.5. The molecule has 0 radical (unpaired) electrons. The van der Waals surface area contributed by atoms with Crippen LogP contribution in [0.3, 0.4) is 0 Å². The van der Waals surface area contributed by atoms with Crippen LogP contribution in [0.25, 0.3) is 0 Å². The normalized spacial score (nSPS) is 17.4. The van der Waals surface area contributed by atoms with Crippen LogP contribution in [0.15, 0.2) is 48.5 Å². The average Bonchev–Trinajstić information content (AvgIpc) is 3.04. The number of aldehydes is 1. The second kappa shape index (κ2) is 8.78. The van der Waals surface area contributed by atoms with Gasteiger partial charge in [-0.3, -0.25) is 14.5 Å². The van der Waals surface area contributed by atoms with Gasteiger partial charge in [0.1, 0.15) is 17.9 Å². The van der Waals surface area contributed by atoms with Gasteiger partial charge in [-0.1, -0.05) is 30.3 Å². The van der Waals surface area contributed by atoms with Crippen molar-refractivity contribution in [3.05, 3.63) is 65.5 Å². The Balaban J connectivity index is 1.78. The van der Waals surface area contributed by atoms with Crippen LogP contribution in [0.4, 0.5) is 4.39 Å². The standard InChI is InChI=1S/C22H22FNO4/c1-15-13-18(8-9-19(15)23)28-20(11-12-25)22(27)24-17(7-10-21(24)26)14-16-5-3-2-4-6-16/h2-6,8-9,12-13,17,20H,7,10-11,14H2,1H3/t17-,20-/m1/s1. The Morgan fingerprint density at radius 2 is 2.04 bits per heavy atom. The van der Waals surface area contributed by atoms with Gasteiger partial charge in [0.05, 0.1) is 0 Å². The minimum Gasteiger partial charge on any atom is -0.480 e. The Morgan fingerprint density at radius 1 is 1.29 bits per heavy atom. The third kappa shape index (κ3) is 4.44. The molecule has 1 aliphatic rings. The van der Waals surface area contributed by atoms with E-state index in [1.54, 1.807) is 6.92 Å². The predicted octanol–water partition coefficient (Wildman–Crippen LogP) is 3.23. The number of ether oxygens (including phenoxy) is 1. The van der Waals surface area contributed by atoms with Gasteiger partial charge in [-0.05, 0) is 49.1 Å². The number of amides is 2. The van der Waals surface area contributed by atoms with Crippen molar-refractivity contribution < 1.29 is 23.5 Å². The van der Waals surface area contributed by atoms with Crippen molar-refractivity contribution in [1.82, 2.24) is 4.90 Å². The summed E-state index contributed by atoms with van der Waals surface area (Å²) < 4.78 is 19.1. The van der Waals surface area contributed by atoms with Gasteiger partial charge in [0.25, 0.3) is 5.91 Å². The Hall–Kier alpha value is -3.02. The van der Waals surface area contributed by atoms with E-state index in [0.717, 1.165) is 5.56 Å². The number of rotatable bonds is 7. The van der Waals surface area contributed by atoms with Crippen molar-refractivity contribution in [2.75, 3.05) is 0 Å². The summed E-state index contributed by atoms with van der Waals surface area (Å²) in [6.45, 7) is 1.58. The lowest BCUT2D eigenvalue weighted by Crippen LogP contribution is -2.47. The maximum Gasteiger partial charge on any atom is 0.270 e. The molecule has 2 amide bonds. The molecule has 3 rings (SSSR count). The van der Waals surface area contributed by atoms with Crippen LogP contribution in [0.5, 0.6) is 5.75 Å². The van der Waals surface area contributed by atoms with E-state index in [-0.39, 0.29) is 36.4 Å². The first kappa shape index (κ1) is 19.7. The van der Waals surface area contributed by atoms with Crippen molar-refractivity contribution in [1.29, 1.82) is 0 Å². The molecule has 0 spiro atoms. The van der Waals surface area contributed by atoms with Gasteiger partial charge < -0.3 is 9.53 Å². The smallest absolute Gasteiger partial charge is 0.270 e. The molecule has 6 heteroatoms. The molecule has 1 aliphatic heterocycles. The highest BCUT2D eigenvalue weighted by Gasteiger charge is 2.39. The second-order valence-corrected chi connectivity index (χ2v) is 6.90. The molecule has 0 unspecified atom stereocenters. The molecule has 28 heavy (non-hydrogen) atoms. The Kier molecular flexibility index (Phi) is 6.19. The van der Waals surface area contributed by atoms with E-state index < -0.39 is 12.0 Å². The van der Waals surface area contributed by atoms with E-state index in [1.165, 1.54) is 23.1 Å². The lowest BCUT2D eigenvalue weighted by Gasteiger charge is -2.27. The fourth-order valence-corrected chi connectivity index (χ4v) is 3.42. The average molecular weight is 383 g/mol. The maximum atomic E-state index is 13.5. The summed E-state index contributed by atoms with van der Waals surface area (Å²) in [5, 5.41) is 0. The number of carbonyl (C=O) groups excluding carboxylic acids is 3. The van der Waals surface area contributed by atoms with E-state index >= 15 is 0 Å². The molecule has 0 N–H and O–H groups in total. The Morgan fingerprint density at radius 3 is 2.71 bits per heavy atom. The number of imide groups is 1. The molecule has 0 saturated carbocycles. The van der Waals surface area contributed by atoms with Crippen molar-refractivity contribution >= 4 is 18.1 Å². The second-order valence-electron chi connectivity index (χ2n) is 6.90. The molecule has 1 fully saturated rings. The Labute approximate surface area is 163 Å². The summed E-state index contributed by atoms with van der Waals surface area (Å²) in [4.78, 5) is 37.8. The van der Waals surface area contributed by atoms with Crippen LogP contribution in [-0.4, -0.2) is 35.1 Å². The highest BCUT2D eigenvalue weighted by atomic mass is 19.1. The molecule has 2 aromatic carbocycles. The van der Waals surface area contributed by atoms with Crippen molar-refractivity contribution in [3.63, 3.8) is 0 Å². The number of carbonyl (C=O) groups is 3. The lowest BCUT2D eigenvalue weighted by atomic mass is 10.0. The number of benzene rings is 2. The molecule has 0 bridgehead atoms. The molecule has 1 heterocycles. The third-order valence-corrected chi connectivity index (χ3v) is 4.87. The fourth-order valence-electron chi connectivity index (χ4n) is 3.42. The van der Waals surface area contributed by atoms with Crippen molar-refractivity contribution in [2.24, 2.45) is 0 Å². The van der Waals surface area contributed by atoms with Crippen LogP contribution in [0.1, 0.15) is 30.4 Å². The molecule has 0 aromatic heterocycles. The molecule has 0 aliphatic carbocycles. The predicted molar refractivity (Wildman–Crippen MR) is 101 cm³/mol. The van der Waals surface area contributed by atoms with E-state index in [1.807, 2.05) is 30.3 Å². The molecule has 5 nitrogen and oxygen atoms in total. The third-order valence-electron chi connectivity index (χ3n) is 4.87. The maximum absolute atomic E-state index is 13.5. The zero-order valence-corrected chi connectivity index (χ0v) is 15.6. The topological polar surface area (TPSA) is 63.7 Å². The highest BCUT2D eigenvalue weighted by Crippen LogP contribution is 2.25. The summed E-state index contributed by atoms with van der Waals surface area (Å²) >= 11 is 0. The molecular formula is C22H22FNO4. The van der Waals surface area contributed by atoms with Gasteiger partial charge in [-0.25, -0.2) is 4.39 Å². The zero-order chi connectivity index (χ0) is 20.1. The van der Waals surface area contributed by atoms with Gasteiger partial charge >= 0.3 is 0 Å². The van der Waals surface area contributed by atoms with Crippen LogP contribution >= 0.6 is 0 Å².